The molecule has 0 amide bonds. The van der Waals surface area contributed by atoms with E-state index in [1.54, 1.807) is 13.8 Å². The normalized spacial score (nSPS) is 13.6. The number of aliphatic carboxylic acids is 1. The fraction of sp³-hybridized carbons (Fsp3) is 0.429. The number of hydrogen-bond donors (Lipinski definition) is 2. The number of fused-ring (bicyclic) bond motifs is 1. The van der Waals surface area contributed by atoms with Gasteiger partial charge in [0, 0.05) is 13.1 Å². The molecule has 0 spiro atoms. The SMILES string of the molecule is CC(C)C[C@H](NS(=O)(=O)c1ccc2c(c1)oc(=O)n2C)C(=O)O. The molecule has 0 aliphatic carbocycles. The molecule has 1 aromatic carbocycles. The van der Waals surface area contributed by atoms with Crippen molar-refractivity contribution in [3.63, 3.8) is 0 Å². The Balaban J connectivity index is 2.38. The summed E-state index contributed by atoms with van der Waals surface area (Å²) in [5.41, 5.74) is 0.571. The van der Waals surface area contributed by atoms with Gasteiger partial charge in [-0.1, -0.05) is 13.8 Å². The van der Waals surface area contributed by atoms with Crippen molar-refractivity contribution < 1.29 is 22.7 Å². The van der Waals surface area contributed by atoms with Gasteiger partial charge < -0.3 is 9.52 Å². The lowest BCUT2D eigenvalue weighted by Gasteiger charge is -2.16. The third-order valence-corrected chi connectivity index (χ3v) is 4.85. The van der Waals surface area contributed by atoms with Gasteiger partial charge in [-0.2, -0.15) is 4.72 Å². The number of sulfonamides is 1. The second-order valence-electron chi connectivity index (χ2n) is 5.70. The number of carbonyl (C=O) groups is 1. The first kappa shape index (κ1) is 17.2. The van der Waals surface area contributed by atoms with Crippen LogP contribution in [0.2, 0.25) is 0 Å². The molecule has 2 N–H and O–H groups in total. The zero-order valence-corrected chi connectivity index (χ0v) is 13.8. The molecule has 126 valence electrons. The molecule has 1 aromatic heterocycles. The van der Waals surface area contributed by atoms with Gasteiger partial charge in [-0.3, -0.25) is 9.36 Å². The van der Waals surface area contributed by atoms with Gasteiger partial charge in [0.1, 0.15) is 6.04 Å². The van der Waals surface area contributed by atoms with E-state index in [0.717, 1.165) is 0 Å². The van der Waals surface area contributed by atoms with E-state index in [1.165, 1.54) is 29.8 Å². The van der Waals surface area contributed by atoms with Crippen molar-refractivity contribution in [2.75, 3.05) is 0 Å². The largest absolute Gasteiger partial charge is 0.480 e. The standard InChI is InChI=1S/C14H18N2O6S/c1-8(2)6-10(13(17)18)15-23(20,21)9-4-5-11-12(7-9)22-14(19)16(11)3/h4-5,7-8,10,15H,6H2,1-3H3,(H,17,18)/t10-/m0/s1. The van der Waals surface area contributed by atoms with Crippen LogP contribution < -0.4 is 10.5 Å². The fourth-order valence-electron chi connectivity index (χ4n) is 2.21. The zero-order valence-electron chi connectivity index (χ0n) is 12.9. The molecule has 8 nitrogen and oxygen atoms in total. The summed E-state index contributed by atoms with van der Waals surface area (Å²) < 4.78 is 33.1. The molecule has 2 rings (SSSR count). The van der Waals surface area contributed by atoms with Crippen LogP contribution in [0.4, 0.5) is 0 Å². The van der Waals surface area contributed by atoms with E-state index in [1.807, 2.05) is 0 Å². The van der Waals surface area contributed by atoms with Crippen LogP contribution in [0, 0.1) is 5.92 Å². The Labute approximate surface area is 132 Å². The van der Waals surface area contributed by atoms with Gasteiger partial charge in [0.2, 0.25) is 10.0 Å². The van der Waals surface area contributed by atoms with Crippen LogP contribution in [0.1, 0.15) is 20.3 Å². The van der Waals surface area contributed by atoms with E-state index in [-0.39, 0.29) is 22.8 Å². The minimum absolute atomic E-state index is 0.00780. The molecule has 0 radical (unpaired) electrons. The quantitative estimate of drug-likeness (QED) is 0.805. The van der Waals surface area contributed by atoms with E-state index in [2.05, 4.69) is 4.72 Å². The fourth-order valence-corrected chi connectivity index (χ4v) is 3.42. The molecule has 1 heterocycles. The average molecular weight is 342 g/mol. The maximum absolute atomic E-state index is 12.4. The monoisotopic (exact) mass is 342 g/mol. The van der Waals surface area contributed by atoms with E-state index in [0.29, 0.717) is 5.52 Å². The maximum atomic E-state index is 12.4. The Morgan fingerprint density at radius 3 is 2.61 bits per heavy atom. The molecule has 2 aromatic rings. The van der Waals surface area contributed by atoms with Gasteiger partial charge in [-0.25, -0.2) is 13.2 Å². The molecular weight excluding hydrogens is 324 g/mol. The van der Waals surface area contributed by atoms with E-state index >= 15 is 0 Å². The van der Waals surface area contributed by atoms with Crippen LogP contribution in [0.15, 0.2) is 32.3 Å². The van der Waals surface area contributed by atoms with Crippen molar-refractivity contribution in [1.29, 1.82) is 0 Å². The second kappa shape index (κ2) is 6.17. The first-order chi connectivity index (χ1) is 10.6. The van der Waals surface area contributed by atoms with E-state index in [4.69, 9.17) is 9.52 Å². The van der Waals surface area contributed by atoms with Crippen LogP contribution in [-0.4, -0.2) is 30.1 Å². The van der Waals surface area contributed by atoms with Gasteiger partial charge in [-0.15, -0.1) is 0 Å². The van der Waals surface area contributed by atoms with Crippen molar-refractivity contribution in [1.82, 2.24) is 9.29 Å². The van der Waals surface area contributed by atoms with Crippen LogP contribution >= 0.6 is 0 Å². The Kier molecular flexibility index (Phi) is 4.62. The summed E-state index contributed by atoms with van der Waals surface area (Å²) in [7, 11) is -2.54. The summed E-state index contributed by atoms with van der Waals surface area (Å²) in [6.07, 6.45) is 0.164. The number of aromatic nitrogens is 1. The second-order valence-corrected chi connectivity index (χ2v) is 7.41. The highest BCUT2D eigenvalue weighted by molar-refractivity contribution is 7.89. The molecule has 1 atom stereocenters. The Morgan fingerprint density at radius 2 is 2.04 bits per heavy atom. The smallest absolute Gasteiger partial charge is 0.419 e. The van der Waals surface area contributed by atoms with Gasteiger partial charge in [0.25, 0.3) is 0 Å². The molecule has 0 unspecified atom stereocenters. The number of carboxylic acids is 1. The van der Waals surface area contributed by atoms with Gasteiger partial charge in [0.05, 0.1) is 10.4 Å². The van der Waals surface area contributed by atoms with Crippen molar-refractivity contribution in [2.45, 2.75) is 31.2 Å². The number of nitrogens with zero attached hydrogens (tertiary/aromatic N) is 1. The number of nitrogens with one attached hydrogen (secondary N) is 1. The lowest BCUT2D eigenvalue weighted by Crippen LogP contribution is -2.41. The molecule has 0 aliphatic rings. The first-order valence-electron chi connectivity index (χ1n) is 6.96. The predicted molar refractivity (Wildman–Crippen MR) is 82.7 cm³/mol. The third-order valence-electron chi connectivity index (χ3n) is 3.38. The van der Waals surface area contributed by atoms with Crippen LogP contribution in [-0.2, 0) is 21.9 Å². The molecule has 9 heteroatoms. The van der Waals surface area contributed by atoms with E-state index in [9.17, 15) is 18.0 Å². The zero-order chi connectivity index (χ0) is 17.4. The van der Waals surface area contributed by atoms with E-state index < -0.39 is 27.8 Å². The maximum Gasteiger partial charge on any atom is 0.419 e. The molecule has 0 aliphatic heterocycles. The molecule has 0 bridgehead atoms. The van der Waals surface area contributed by atoms with Gasteiger partial charge >= 0.3 is 11.7 Å². The van der Waals surface area contributed by atoms with Crippen LogP contribution in [0.3, 0.4) is 0 Å². The average Bonchev–Trinajstić information content (AvgIpc) is 2.72. The number of carboxylic acid groups (broad SMARTS) is 1. The van der Waals surface area contributed by atoms with Crippen molar-refractivity contribution in [3.05, 3.63) is 28.7 Å². The molecule has 23 heavy (non-hydrogen) atoms. The molecule has 0 fully saturated rings. The number of hydrogen-bond acceptors (Lipinski definition) is 5. The Bertz CT molecular complexity index is 894. The summed E-state index contributed by atoms with van der Waals surface area (Å²) in [5.74, 6) is -1.84. The summed E-state index contributed by atoms with van der Waals surface area (Å²) in [5, 5.41) is 9.15. The highest BCUT2D eigenvalue weighted by atomic mass is 32.2. The number of aryl methyl sites for hydroxylation is 1. The number of oxazole rings is 1. The highest BCUT2D eigenvalue weighted by Gasteiger charge is 2.26. The van der Waals surface area contributed by atoms with Crippen molar-refractivity contribution in [3.8, 4) is 0 Å². The van der Waals surface area contributed by atoms with Crippen molar-refractivity contribution in [2.24, 2.45) is 13.0 Å². The Hall–Kier alpha value is -2.13. The summed E-state index contributed by atoms with van der Waals surface area (Å²) in [6.45, 7) is 3.60. The third kappa shape index (κ3) is 3.62. The lowest BCUT2D eigenvalue weighted by atomic mass is 10.1. The summed E-state index contributed by atoms with van der Waals surface area (Å²) in [6, 6.07) is 2.72. The van der Waals surface area contributed by atoms with Crippen molar-refractivity contribution >= 4 is 27.1 Å². The minimum atomic E-state index is -4.05. The summed E-state index contributed by atoms with van der Waals surface area (Å²) >= 11 is 0. The predicted octanol–water partition coefficient (Wildman–Crippen LogP) is 0.909. The molecular formula is C14H18N2O6S. The summed E-state index contributed by atoms with van der Waals surface area (Å²) in [4.78, 5) is 22.5. The topological polar surface area (TPSA) is 119 Å². The molecule has 0 saturated carbocycles. The van der Waals surface area contributed by atoms with Crippen LogP contribution in [0.25, 0.3) is 11.1 Å². The van der Waals surface area contributed by atoms with Gasteiger partial charge in [0.15, 0.2) is 5.58 Å². The Morgan fingerprint density at radius 1 is 1.39 bits per heavy atom. The number of rotatable bonds is 6. The first-order valence-corrected chi connectivity index (χ1v) is 8.45. The van der Waals surface area contributed by atoms with Crippen LogP contribution in [0.5, 0.6) is 0 Å². The lowest BCUT2D eigenvalue weighted by molar-refractivity contribution is -0.139. The van der Waals surface area contributed by atoms with Gasteiger partial charge in [-0.05, 0) is 24.5 Å². The highest BCUT2D eigenvalue weighted by Crippen LogP contribution is 2.19. The molecule has 0 saturated heterocycles. The number of benzene rings is 1. The minimum Gasteiger partial charge on any atom is -0.480 e.